The van der Waals surface area contributed by atoms with Crippen molar-refractivity contribution in [2.45, 2.75) is 12.5 Å². The third kappa shape index (κ3) is 1.82. The number of nitrogens with one attached hydrogen (secondary N) is 3. The van der Waals surface area contributed by atoms with Crippen molar-refractivity contribution in [3.05, 3.63) is 52.3 Å². The van der Waals surface area contributed by atoms with Gasteiger partial charge in [0, 0.05) is 17.1 Å². The molecular weight excluding hydrogens is 230 g/mol. The predicted molar refractivity (Wildman–Crippen MR) is 68.1 cm³/mol. The summed E-state index contributed by atoms with van der Waals surface area (Å²) in [5.74, 6) is 0.477. The fraction of sp³-hybridized carbons (Fsp3) is 0.167. The van der Waals surface area contributed by atoms with Gasteiger partial charge < -0.3 is 10.7 Å². The highest BCUT2D eigenvalue weighted by Crippen LogP contribution is 2.21. The topological polar surface area (TPSA) is 103 Å². The molecule has 6 nitrogen and oxygen atoms in total. The number of nitrogens with zero attached hydrogens (tertiary/aromatic N) is 1. The summed E-state index contributed by atoms with van der Waals surface area (Å²) in [4.78, 5) is 16.7. The molecule has 3 rings (SSSR count). The second-order valence-electron chi connectivity index (χ2n) is 4.23. The summed E-state index contributed by atoms with van der Waals surface area (Å²) >= 11 is 0. The molecule has 18 heavy (non-hydrogen) atoms. The Morgan fingerprint density at radius 1 is 1.33 bits per heavy atom. The van der Waals surface area contributed by atoms with Crippen LogP contribution in [0.1, 0.15) is 17.4 Å². The van der Waals surface area contributed by atoms with E-state index >= 15 is 0 Å². The molecule has 0 fully saturated rings. The number of benzene rings is 1. The lowest BCUT2D eigenvalue weighted by molar-refractivity contribution is 0.673. The lowest BCUT2D eigenvalue weighted by Crippen LogP contribution is -2.15. The van der Waals surface area contributed by atoms with Gasteiger partial charge >= 0.3 is 5.69 Å². The number of aromatic nitrogens is 4. The summed E-state index contributed by atoms with van der Waals surface area (Å²) in [6.45, 7) is 0. The number of rotatable bonds is 3. The summed E-state index contributed by atoms with van der Waals surface area (Å²) in [5, 5.41) is 7.31. The Morgan fingerprint density at radius 3 is 2.94 bits per heavy atom. The van der Waals surface area contributed by atoms with Crippen LogP contribution in [0.3, 0.4) is 0 Å². The smallest absolute Gasteiger partial charge is 0.340 e. The van der Waals surface area contributed by atoms with Crippen LogP contribution >= 0.6 is 0 Å². The molecule has 5 N–H and O–H groups in total. The predicted octanol–water partition coefficient (Wildman–Crippen LogP) is 0.822. The molecule has 0 spiro atoms. The van der Waals surface area contributed by atoms with E-state index in [4.69, 9.17) is 5.73 Å². The van der Waals surface area contributed by atoms with Crippen LogP contribution in [0.4, 0.5) is 0 Å². The normalized spacial score (nSPS) is 12.9. The maximum atomic E-state index is 11.0. The molecule has 3 aromatic rings. The van der Waals surface area contributed by atoms with Gasteiger partial charge in [-0.15, -0.1) is 0 Å². The van der Waals surface area contributed by atoms with E-state index in [1.165, 1.54) is 0 Å². The molecule has 1 atom stereocenters. The number of H-pyrrole nitrogens is 3. The Balaban J connectivity index is 1.90. The molecule has 0 amide bonds. The van der Waals surface area contributed by atoms with Crippen molar-refractivity contribution in [3.63, 3.8) is 0 Å². The quantitative estimate of drug-likeness (QED) is 0.547. The fourth-order valence-corrected chi connectivity index (χ4v) is 2.09. The highest BCUT2D eigenvalue weighted by atomic mass is 16.1. The van der Waals surface area contributed by atoms with Crippen molar-refractivity contribution in [2.24, 2.45) is 5.73 Å². The van der Waals surface area contributed by atoms with Crippen molar-refractivity contribution in [3.8, 4) is 0 Å². The molecular formula is C12H13N5O. The second-order valence-corrected chi connectivity index (χ2v) is 4.23. The van der Waals surface area contributed by atoms with Gasteiger partial charge in [-0.25, -0.2) is 9.89 Å². The van der Waals surface area contributed by atoms with Gasteiger partial charge in [-0.1, -0.05) is 18.2 Å². The number of hydrogen-bond donors (Lipinski definition) is 4. The molecule has 6 heteroatoms. The van der Waals surface area contributed by atoms with E-state index in [1.807, 2.05) is 30.5 Å². The Labute approximate surface area is 102 Å². The SMILES string of the molecule is N[C@H](Cc1c[nH]c2ccccc12)c1n[nH]c(=O)[nH]1. The third-order valence-electron chi connectivity index (χ3n) is 2.99. The van der Waals surface area contributed by atoms with Gasteiger partial charge in [0.1, 0.15) is 5.82 Å². The van der Waals surface area contributed by atoms with Crippen LogP contribution in [0.2, 0.25) is 0 Å². The van der Waals surface area contributed by atoms with Gasteiger partial charge in [0.2, 0.25) is 0 Å². The first kappa shape index (κ1) is 10.8. The van der Waals surface area contributed by atoms with Gasteiger partial charge in [-0.3, -0.25) is 4.98 Å². The van der Waals surface area contributed by atoms with Crippen molar-refractivity contribution in [2.75, 3.05) is 0 Å². The zero-order chi connectivity index (χ0) is 12.5. The minimum absolute atomic E-state index is 0.330. The van der Waals surface area contributed by atoms with Crippen LogP contribution in [-0.2, 0) is 6.42 Å². The van der Waals surface area contributed by atoms with E-state index in [0.717, 1.165) is 16.5 Å². The Bertz CT molecular complexity index is 723. The van der Waals surface area contributed by atoms with Gasteiger partial charge in [0.05, 0.1) is 6.04 Å². The van der Waals surface area contributed by atoms with Crippen LogP contribution in [0.15, 0.2) is 35.3 Å². The summed E-state index contributed by atoms with van der Waals surface area (Å²) in [6, 6.07) is 7.69. The summed E-state index contributed by atoms with van der Waals surface area (Å²) in [5.41, 5.74) is 7.88. The highest BCUT2D eigenvalue weighted by Gasteiger charge is 2.13. The van der Waals surface area contributed by atoms with Gasteiger partial charge in [0.25, 0.3) is 0 Å². The number of fused-ring (bicyclic) bond motifs is 1. The molecule has 2 aromatic heterocycles. The first-order chi connectivity index (χ1) is 8.74. The second kappa shape index (κ2) is 4.15. The Kier molecular flexibility index (Phi) is 2.49. The van der Waals surface area contributed by atoms with Crippen LogP contribution in [-0.4, -0.2) is 20.2 Å². The minimum atomic E-state index is -0.334. The first-order valence-electron chi connectivity index (χ1n) is 5.69. The molecule has 0 aliphatic rings. The molecule has 92 valence electrons. The van der Waals surface area contributed by atoms with Crippen LogP contribution in [0.25, 0.3) is 10.9 Å². The maximum Gasteiger partial charge on any atom is 0.340 e. The van der Waals surface area contributed by atoms with E-state index in [0.29, 0.717) is 12.2 Å². The molecule has 0 bridgehead atoms. The van der Waals surface area contributed by atoms with E-state index in [-0.39, 0.29) is 11.7 Å². The van der Waals surface area contributed by atoms with E-state index < -0.39 is 0 Å². The lowest BCUT2D eigenvalue weighted by atomic mass is 10.1. The number of aromatic amines is 3. The van der Waals surface area contributed by atoms with Gasteiger partial charge in [-0.2, -0.15) is 5.10 Å². The largest absolute Gasteiger partial charge is 0.361 e. The van der Waals surface area contributed by atoms with Crippen molar-refractivity contribution in [1.29, 1.82) is 0 Å². The maximum absolute atomic E-state index is 11.0. The average Bonchev–Trinajstić information content (AvgIpc) is 2.97. The number of hydrogen-bond acceptors (Lipinski definition) is 3. The molecule has 0 saturated carbocycles. The van der Waals surface area contributed by atoms with Gasteiger partial charge in [-0.05, 0) is 18.1 Å². The molecule has 0 unspecified atom stereocenters. The van der Waals surface area contributed by atoms with E-state index in [2.05, 4.69) is 20.2 Å². The number of nitrogens with two attached hydrogens (primary N) is 1. The molecule has 1 aromatic carbocycles. The third-order valence-corrected chi connectivity index (χ3v) is 2.99. The summed E-state index contributed by atoms with van der Waals surface area (Å²) < 4.78 is 0. The lowest BCUT2D eigenvalue weighted by Gasteiger charge is -2.06. The standard InChI is InChI=1S/C12H13N5O/c13-9(11-15-12(18)17-16-11)5-7-6-14-10-4-2-1-3-8(7)10/h1-4,6,9,14H,5,13H2,(H2,15,16,17,18)/t9-/m1/s1. The zero-order valence-corrected chi connectivity index (χ0v) is 9.60. The summed E-state index contributed by atoms with van der Waals surface area (Å²) in [7, 11) is 0. The molecule has 0 aliphatic carbocycles. The van der Waals surface area contributed by atoms with Gasteiger partial charge in [0.15, 0.2) is 0 Å². The Morgan fingerprint density at radius 2 is 2.17 bits per heavy atom. The van der Waals surface area contributed by atoms with Crippen LogP contribution in [0, 0.1) is 0 Å². The van der Waals surface area contributed by atoms with E-state index in [9.17, 15) is 4.79 Å². The highest BCUT2D eigenvalue weighted by molar-refractivity contribution is 5.83. The fourth-order valence-electron chi connectivity index (χ4n) is 2.09. The molecule has 0 radical (unpaired) electrons. The molecule has 2 heterocycles. The summed E-state index contributed by atoms with van der Waals surface area (Å²) in [6.07, 6.45) is 2.56. The van der Waals surface area contributed by atoms with Crippen LogP contribution in [0.5, 0.6) is 0 Å². The van der Waals surface area contributed by atoms with Crippen molar-refractivity contribution in [1.82, 2.24) is 20.2 Å². The molecule has 0 aliphatic heterocycles. The average molecular weight is 243 g/mol. The minimum Gasteiger partial charge on any atom is -0.361 e. The molecule has 0 saturated heterocycles. The Hall–Kier alpha value is -2.34. The first-order valence-corrected chi connectivity index (χ1v) is 5.69. The van der Waals surface area contributed by atoms with Crippen LogP contribution < -0.4 is 11.4 Å². The van der Waals surface area contributed by atoms with Crippen molar-refractivity contribution < 1.29 is 0 Å². The zero-order valence-electron chi connectivity index (χ0n) is 9.60. The van der Waals surface area contributed by atoms with Crippen molar-refractivity contribution >= 4 is 10.9 Å². The monoisotopic (exact) mass is 243 g/mol. The van der Waals surface area contributed by atoms with E-state index in [1.54, 1.807) is 0 Å². The number of para-hydroxylation sites is 1.